The SMILES string of the molecule is O=C(Cc1csc(-c2ccccc2F)n1)N1CCCCC1CN1CCCCC1.O=C(O)CC(O)(CC(=O)O)C(=O)O. The van der Waals surface area contributed by atoms with Crippen LogP contribution in [0.5, 0.6) is 0 Å². The van der Waals surface area contributed by atoms with Crippen LogP contribution in [0.25, 0.3) is 10.6 Å². The standard InChI is InChI=1S/C22H28FN3OS.C6H8O7/c23-20-10-3-2-9-19(20)22-24-17(16-28-22)14-21(27)26-13-7-4-8-18(26)15-25-11-5-1-6-12-25;7-3(8)1-6(13,5(11)12)2-4(9)10/h2-3,9-10,16,18H,1,4-8,11-15H2;13H,1-2H2,(H,7,8)(H,9,10)(H,11,12). The fourth-order valence-corrected chi connectivity index (χ4v) is 5.92. The maximum Gasteiger partial charge on any atom is 0.336 e. The molecule has 41 heavy (non-hydrogen) atoms. The Bertz CT molecular complexity index is 1200. The van der Waals surface area contributed by atoms with E-state index in [0.29, 0.717) is 23.0 Å². The van der Waals surface area contributed by atoms with Gasteiger partial charge in [-0.25, -0.2) is 14.2 Å². The van der Waals surface area contributed by atoms with Gasteiger partial charge >= 0.3 is 17.9 Å². The van der Waals surface area contributed by atoms with Crippen LogP contribution in [0.4, 0.5) is 4.39 Å². The number of amides is 1. The highest BCUT2D eigenvalue weighted by atomic mass is 32.1. The van der Waals surface area contributed by atoms with Crippen molar-refractivity contribution in [3.8, 4) is 10.6 Å². The van der Waals surface area contributed by atoms with Gasteiger partial charge in [0, 0.05) is 30.1 Å². The Labute approximate surface area is 241 Å². The summed E-state index contributed by atoms with van der Waals surface area (Å²) in [4.78, 5) is 52.7. The quantitative estimate of drug-likeness (QED) is 0.321. The van der Waals surface area contributed by atoms with Crippen molar-refractivity contribution in [3.63, 3.8) is 0 Å². The van der Waals surface area contributed by atoms with Gasteiger partial charge in [-0.3, -0.25) is 14.4 Å². The van der Waals surface area contributed by atoms with E-state index >= 15 is 0 Å². The largest absolute Gasteiger partial charge is 0.481 e. The molecule has 11 nitrogen and oxygen atoms in total. The van der Waals surface area contributed by atoms with Gasteiger partial charge in [0.05, 0.1) is 25.0 Å². The molecule has 1 unspecified atom stereocenters. The topological polar surface area (TPSA) is 169 Å². The van der Waals surface area contributed by atoms with Gasteiger partial charge in [-0.2, -0.15) is 0 Å². The van der Waals surface area contributed by atoms with E-state index in [2.05, 4.69) is 14.8 Å². The summed E-state index contributed by atoms with van der Waals surface area (Å²) in [7, 11) is 0. The molecular formula is C28H36FN3O8S. The summed E-state index contributed by atoms with van der Waals surface area (Å²) in [6.45, 7) is 4.18. The molecular weight excluding hydrogens is 557 g/mol. The first kappa shape index (κ1) is 32.1. The molecule has 13 heteroatoms. The van der Waals surface area contributed by atoms with Crippen LogP contribution in [-0.4, -0.2) is 96.8 Å². The Morgan fingerprint density at radius 2 is 1.59 bits per heavy atom. The number of aliphatic carboxylic acids is 3. The number of nitrogens with zero attached hydrogens (tertiary/aromatic N) is 3. The smallest absolute Gasteiger partial charge is 0.336 e. The molecule has 0 spiro atoms. The number of carboxylic acids is 3. The van der Waals surface area contributed by atoms with Crippen LogP contribution < -0.4 is 0 Å². The van der Waals surface area contributed by atoms with Gasteiger partial charge in [-0.1, -0.05) is 18.6 Å². The molecule has 1 aromatic heterocycles. The lowest BCUT2D eigenvalue weighted by molar-refractivity contribution is -0.170. The Morgan fingerprint density at radius 1 is 0.951 bits per heavy atom. The van der Waals surface area contributed by atoms with Gasteiger partial charge in [0.1, 0.15) is 10.8 Å². The molecule has 4 rings (SSSR count). The molecule has 2 aromatic rings. The second-order valence-corrected chi connectivity index (χ2v) is 11.2. The number of piperidine rings is 2. The minimum atomic E-state index is -2.74. The summed E-state index contributed by atoms with van der Waals surface area (Å²) in [5.74, 6) is -5.13. The van der Waals surface area contributed by atoms with E-state index in [9.17, 15) is 23.6 Å². The van der Waals surface area contributed by atoms with E-state index in [1.165, 1.54) is 43.1 Å². The molecule has 0 aliphatic carbocycles. The lowest BCUT2D eigenvalue weighted by atomic mass is 9.96. The second kappa shape index (κ2) is 15.0. The maximum atomic E-state index is 14.0. The molecule has 1 atom stereocenters. The summed E-state index contributed by atoms with van der Waals surface area (Å²) in [6, 6.07) is 6.99. The van der Waals surface area contributed by atoms with Crippen molar-refractivity contribution >= 4 is 35.2 Å². The minimum absolute atomic E-state index is 0.159. The number of likely N-dealkylation sites (tertiary alicyclic amines) is 2. The number of halogens is 1. The highest BCUT2D eigenvalue weighted by Gasteiger charge is 2.40. The van der Waals surface area contributed by atoms with Gasteiger partial charge in [0.2, 0.25) is 5.91 Å². The minimum Gasteiger partial charge on any atom is -0.481 e. The number of thiazole rings is 1. The summed E-state index contributed by atoms with van der Waals surface area (Å²) < 4.78 is 14.0. The normalized spacial score (nSPS) is 17.8. The molecule has 4 N–H and O–H groups in total. The summed E-state index contributed by atoms with van der Waals surface area (Å²) in [6.07, 6.45) is 5.29. The third-order valence-corrected chi connectivity index (χ3v) is 8.06. The molecule has 2 saturated heterocycles. The number of aromatic nitrogens is 1. The zero-order valence-corrected chi connectivity index (χ0v) is 23.5. The van der Waals surface area contributed by atoms with Crippen molar-refractivity contribution in [2.75, 3.05) is 26.2 Å². The average Bonchev–Trinajstić information content (AvgIpc) is 3.37. The van der Waals surface area contributed by atoms with Crippen molar-refractivity contribution in [3.05, 3.63) is 41.2 Å². The van der Waals surface area contributed by atoms with E-state index in [-0.39, 0.29) is 11.7 Å². The molecule has 3 heterocycles. The van der Waals surface area contributed by atoms with E-state index in [4.69, 9.17) is 20.4 Å². The molecule has 0 radical (unpaired) electrons. The first-order valence-corrected chi connectivity index (χ1v) is 14.5. The Balaban J connectivity index is 0.000000302. The van der Waals surface area contributed by atoms with Crippen LogP contribution in [0.3, 0.4) is 0 Å². The van der Waals surface area contributed by atoms with E-state index in [1.807, 2.05) is 11.4 Å². The van der Waals surface area contributed by atoms with Gasteiger partial charge in [0.15, 0.2) is 5.60 Å². The maximum absolute atomic E-state index is 14.0. The molecule has 1 aromatic carbocycles. The number of aliphatic hydroxyl groups is 1. The van der Waals surface area contributed by atoms with E-state index in [1.54, 1.807) is 12.1 Å². The second-order valence-electron chi connectivity index (χ2n) is 10.4. The van der Waals surface area contributed by atoms with Gasteiger partial charge in [-0.15, -0.1) is 11.3 Å². The van der Waals surface area contributed by atoms with Crippen LogP contribution in [-0.2, 0) is 25.6 Å². The first-order chi connectivity index (χ1) is 19.5. The number of carbonyl (C=O) groups excluding carboxylic acids is 1. The fraction of sp³-hybridized carbons (Fsp3) is 0.536. The van der Waals surface area contributed by atoms with E-state index in [0.717, 1.165) is 44.7 Å². The lowest BCUT2D eigenvalue weighted by Gasteiger charge is -2.39. The number of benzene rings is 1. The van der Waals surface area contributed by atoms with E-state index < -0.39 is 36.4 Å². The summed E-state index contributed by atoms with van der Waals surface area (Å²) in [5, 5.41) is 36.3. The van der Waals surface area contributed by atoms with Crippen molar-refractivity contribution < 1.29 is 44.0 Å². The summed E-state index contributed by atoms with van der Waals surface area (Å²) in [5.41, 5.74) is -1.49. The van der Waals surface area contributed by atoms with Crippen LogP contribution in [0.15, 0.2) is 29.6 Å². The van der Waals surface area contributed by atoms with Crippen molar-refractivity contribution in [1.82, 2.24) is 14.8 Å². The van der Waals surface area contributed by atoms with Crippen LogP contribution >= 0.6 is 11.3 Å². The predicted molar refractivity (Wildman–Crippen MR) is 148 cm³/mol. The number of carboxylic acid groups (broad SMARTS) is 3. The highest BCUT2D eigenvalue weighted by Crippen LogP contribution is 2.27. The highest BCUT2D eigenvalue weighted by molar-refractivity contribution is 7.13. The molecule has 2 aliphatic heterocycles. The van der Waals surface area contributed by atoms with Crippen molar-refractivity contribution in [1.29, 1.82) is 0 Å². The Morgan fingerprint density at radius 3 is 2.20 bits per heavy atom. The molecule has 0 bridgehead atoms. The van der Waals surface area contributed by atoms with Crippen molar-refractivity contribution in [2.24, 2.45) is 0 Å². The summed E-state index contributed by atoms with van der Waals surface area (Å²) >= 11 is 1.40. The molecule has 0 saturated carbocycles. The van der Waals surface area contributed by atoms with Gasteiger partial charge < -0.3 is 30.2 Å². The van der Waals surface area contributed by atoms with Crippen molar-refractivity contribution in [2.45, 2.75) is 69.4 Å². The number of carbonyl (C=O) groups is 4. The zero-order valence-electron chi connectivity index (χ0n) is 22.7. The monoisotopic (exact) mass is 593 g/mol. The molecule has 1 amide bonds. The van der Waals surface area contributed by atoms with Crippen LogP contribution in [0, 0.1) is 5.82 Å². The number of rotatable bonds is 10. The van der Waals surface area contributed by atoms with Gasteiger partial charge in [-0.05, 0) is 57.3 Å². The number of hydrogen-bond acceptors (Lipinski definition) is 8. The number of hydrogen-bond donors (Lipinski definition) is 4. The molecule has 224 valence electrons. The fourth-order valence-electron chi connectivity index (χ4n) is 5.08. The van der Waals surface area contributed by atoms with Gasteiger partial charge in [0.25, 0.3) is 0 Å². The molecule has 2 aliphatic rings. The first-order valence-electron chi connectivity index (χ1n) is 13.6. The Kier molecular flexibility index (Phi) is 11.7. The zero-order chi connectivity index (χ0) is 30.0. The lowest BCUT2D eigenvalue weighted by Crippen LogP contribution is -2.50. The van der Waals surface area contributed by atoms with Crippen LogP contribution in [0.1, 0.15) is 57.1 Å². The molecule has 2 fully saturated rings. The third kappa shape index (κ3) is 9.58. The van der Waals surface area contributed by atoms with Crippen LogP contribution in [0.2, 0.25) is 0 Å². The third-order valence-electron chi connectivity index (χ3n) is 7.14. The predicted octanol–water partition coefficient (Wildman–Crippen LogP) is 3.11. The average molecular weight is 594 g/mol. The Hall–Kier alpha value is -3.42.